The predicted octanol–water partition coefficient (Wildman–Crippen LogP) is 8.89. The second-order valence-electron chi connectivity index (χ2n) is 10.5. The molecule has 0 aliphatic rings. The van der Waals surface area contributed by atoms with Crippen LogP contribution in [-0.2, 0) is 9.59 Å². The Bertz CT molecular complexity index is 1970. The van der Waals surface area contributed by atoms with E-state index in [4.69, 9.17) is 32.7 Å². The molecule has 0 saturated carbocycles. The predicted molar refractivity (Wildman–Crippen MR) is 197 cm³/mol. The van der Waals surface area contributed by atoms with Crippen molar-refractivity contribution in [1.82, 2.24) is 5.32 Å². The van der Waals surface area contributed by atoms with Gasteiger partial charge >= 0.3 is 0 Å². The van der Waals surface area contributed by atoms with Crippen LogP contribution < -0.4 is 25.4 Å². The van der Waals surface area contributed by atoms with E-state index in [0.717, 1.165) is 10.5 Å². The molecule has 1 unspecified atom stereocenters. The summed E-state index contributed by atoms with van der Waals surface area (Å²) in [6.07, 6.45) is 1.55. The number of rotatable bonds is 12. The largest absolute Gasteiger partial charge is 0.493 e. The average Bonchev–Trinajstić information content (AvgIpc) is 3.13. The van der Waals surface area contributed by atoms with Crippen molar-refractivity contribution in [3.05, 3.63) is 154 Å². The fourth-order valence-electron chi connectivity index (χ4n) is 4.69. The van der Waals surface area contributed by atoms with E-state index in [1.807, 2.05) is 42.5 Å². The Morgan fingerprint density at radius 3 is 2.00 bits per heavy atom. The van der Waals surface area contributed by atoms with E-state index < -0.39 is 17.1 Å². The minimum Gasteiger partial charge on any atom is -0.493 e. The van der Waals surface area contributed by atoms with Crippen LogP contribution in [0.4, 0.5) is 11.4 Å². The highest BCUT2D eigenvalue weighted by Crippen LogP contribution is 2.37. The highest BCUT2D eigenvalue weighted by Gasteiger charge is 2.23. The van der Waals surface area contributed by atoms with Gasteiger partial charge in [-0.2, -0.15) is 0 Å². The molecule has 0 heterocycles. The van der Waals surface area contributed by atoms with Crippen LogP contribution in [0.1, 0.15) is 26.7 Å². The molecule has 5 rings (SSSR count). The Morgan fingerprint density at radius 1 is 0.694 bits per heavy atom. The van der Waals surface area contributed by atoms with Gasteiger partial charge in [0.2, 0.25) is 5.91 Å². The van der Waals surface area contributed by atoms with Crippen LogP contribution >= 0.6 is 35.0 Å². The van der Waals surface area contributed by atoms with Gasteiger partial charge in [-0.3, -0.25) is 14.4 Å². The van der Waals surface area contributed by atoms with Gasteiger partial charge in [0.1, 0.15) is 10.9 Å². The van der Waals surface area contributed by atoms with Gasteiger partial charge in [0.15, 0.2) is 11.5 Å². The fourth-order valence-corrected chi connectivity index (χ4v) is 6.01. The average molecular weight is 713 g/mol. The Hall–Kier alpha value is -5.22. The zero-order valence-electron chi connectivity index (χ0n) is 26.4. The van der Waals surface area contributed by atoms with E-state index in [9.17, 15) is 14.4 Å². The number of hydrogen-bond donors (Lipinski definition) is 3. The third-order valence-electron chi connectivity index (χ3n) is 7.14. The first-order valence-corrected chi connectivity index (χ1v) is 16.6. The highest BCUT2D eigenvalue weighted by atomic mass is 35.5. The number of amides is 3. The Labute approximate surface area is 298 Å². The van der Waals surface area contributed by atoms with Gasteiger partial charge in [0.25, 0.3) is 11.8 Å². The van der Waals surface area contributed by atoms with Gasteiger partial charge < -0.3 is 25.4 Å². The third-order valence-corrected chi connectivity index (χ3v) is 9.15. The van der Waals surface area contributed by atoms with Crippen LogP contribution in [0.25, 0.3) is 6.08 Å². The monoisotopic (exact) mass is 711 g/mol. The molecule has 0 radical (unpaired) electrons. The van der Waals surface area contributed by atoms with E-state index in [1.54, 1.807) is 84.9 Å². The Balaban J connectivity index is 1.35. The van der Waals surface area contributed by atoms with E-state index in [0.29, 0.717) is 44.0 Å². The molecule has 5 aromatic carbocycles. The number of carbonyl (C=O) groups excluding carboxylic acids is 3. The standard InChI is InChI=1S/C38H31Cl2N3O5S/c1-47-33-20-13-24(22-34(33)48-2)21-32(43-36(44)26-11-7-4-8-12-26)37(45)41-27-14-17-29(18-15-27)49-35(25-9-5-3-6-10-25)38(46)42-28-16-19-30(39)31(40)23-28/h3-23,35H,1-2H3,(H,41,45)(H,42,46)(H,43,44)/b32-21-. The van der Waals surface area contributed by atoms with Gasteiger partial charge in [-0.15, -0.1) is 11.8 Å². The summed E-state index contributed by atoms with van der Waals surface area (Å²) in [7, 11) is 3.05. The normalized spacial score (nSPS) is 11.6. The van der Waals surface area contributed by atoms with Crippen LogP contribution in [0.2, 0.25) is 10.0 Å². The molecule has 8 nitrogen and oxygen atoms in total. The lowest BCUT2D eigenvalue weighted by Gasteiger charge is -2.18. The quantitative estimate of drug-likeness (QED) is 0.0882. The van der Waals surface area contributed by atoms with Crippen LogP contribution in [0.5, 0.6) is 11.5 Å². The maximum atomic E-state index is 13.6. The van der Waals surface area contributed by atoms with Gasteiger partial charge in [0.05, 0.1) is 24.3 Å². The molecule has 11 heteroatoms. The molecule has 3 N–H and O–H groups in total. The molecule has 248 valence electrons. The number of ether oxygens (including phenoxy) is 2. The van der Waals surface area contributed by atoms with Crippen LogP contribution in [0, 0.1) is 0 Å². The second-order valence-corrected chi connectivity index (χ2v) is 12.5. The summed E-state index contributed by atoms with van der Waals surface area (Å²) in [5, 5.41) is 8.65. The zero-order valence-corrected chi connectivity index (χ0v) is 28.7. The SMILES string of the molecule is COc1ccc(/C=C(\NC(=O)c2ccccc2)C(=O)Nc2ccc(SC(C(=O)Nc3ccc(Cl)c(Cl)c3)c3ccccc3)cc2)cc1OC. The number of nitrogens with one attached hydrogen (secondary N) is 3. The molecule has 0 aromatic heterocycles. The second kappa shape index (κ2) is 16.7. The molecular formula is C38H31Cl2N3O5S. The minimum atomic E-state index is -0.597. The summed E-state index contributed by atoms with van der Waals surface area (Å²) in [5.41, 5.74) is 2.83. The van der Waals surface area contributed by atoms with Gasteiger partial charge in [-0.1, -0.05) is 77.8 Å². The van der Waals surface area contributed by atoms with E-state index in [-0.39, 0.29) is 11.6 Å². The number of hydrogen-bond acceptors (Lipinski definition) is 6. The van der Waals surface area contributed by atoms with Crippen molar-refractivity contribution in [2.45, 2.75) is 10.1 Å². The van der Waals surface area contributed by atoms with Crippen molar-refractivity contribution < 1.29 is 23.9 Å². The van der Waals surface area contributed by atoms with Crippen molar-refractivity contribution in [3.63, 3.8) is 0 Å². The van der Waals surface area contributed by atoms with Crippen LogP contribution in [0.15, 0.2) is 132 Å². The molecule has 5 aromatic rings. The molecule has 0 aliphatic carbocycles. The highest BCUT2D eigenvalue weighted by molar-refractivity contribution is 8.00. The van der Waals surface area contributed by atoms with E-state index in [2.05, 4.69) is 16.0 Å². The van der Waals surface area contributed by atoms with Crippen LogP contribution in [-0.4, -0.2) is 31.9 Å². The lowest BCUT2D eigenvalue weighted by atomic mass is 10.1. The molecule has 3 amide bonds. The Morgan fingerprint density at radius 2 is 1.35 bits per heavy atom. The fraction of sp³-hybridized carbons (Fsp3) is 0.0789. The summed E-state index contributed by atoms with van der Waals surface area (Å²) in [6.45, 7) is 0. The molecule has 1 atom stereocenters. The van der Waals surface area contributed by atoms with Crippen molar-refractivity contribution in [1.29, 1.82) is 0 Å². The molecule has 0 fully saturated rings. The summed E-state index contributed by atoms with van der Waals surface area (Å²) >= 11 is 13.6. The lowest BCUT2D eigenvalue weighted by Crippen LogP contribution is -2.30. The van der Waals surface area contributed by atoms with Crippen molar-refractivity contribution in [2.24, 2.45) is 0 Å². The van der Waals surface area contributed by atoms with Gasteiger partial charge in [0, 0.05) is 21.8 Å². The minimum absolute atomic E-state index is 0.0163. The first kappa shape index (κ1) is 35.1. The molecule has 0 spiro atoms. The summed E-state index contributed by atoms with van der Waals surface area (Å²) in [4.78, 5) is 40.9. The number of thioether (sulfide) groups is 1. The summed E-state index contributed by atoms with van der Waals surface area (Å²) < 4.78 is 10.7. The number of methoxy groups -OCH3 is 2. The lowest BCUT2D eigenvalue weighted by molar-refractivity contribution is -0.116. The van der Waals surface area contributed by atoms with E-state index in [1.165, 1.54) is 26.0 Å². The first-order chi connectivity index (χ1) is 23.7. The molecule has 0 bridgehead atoms. The third kappa shape index (κ3) is 9.45. The number of benzene rings is 5. The van der Waals surface area contributed by atoms with Crippen molar-refractivity contribution >= 4 is 70.1 Å². The van der Waals surface area contributed by atoms with Crippen molar-refractivity contribution in [3.8, 4) is 11.5 Å². The zero-order chi connectivity index (χ0) is 34.8. The maximum absolute atomic E-state index is 13.6. The van der Waals surface area contributed by atoms with Crippen molar-refractivity contribution in [2.75, 3.05) is 24.9 Å². The molecule has 0 aliphatic heterocycles. The molecular weight excluding hydrogens is 681 g/mol. The number of anilines is 2. The Kier molecular flexibility index (Phi) is 12.0. The summed E-state index contributed by atoms with van der Waals surface area (Å²) in [6, 6.07) is 35.1. The topological polar surface area (TPSA) is 106 Å². The van der Waals surface area contributed by atoms with Crippen LogP contribution in [0.3, 0.4) is 0 Å². The number of halogens is 2. The maximum Gasteiger partial charge on any atom is 0.272 e. The first-order valence-electron chi connectivity index (χ1n) is 14.9. The van der Waals surface area contributed by atoms with Gasteiger partial charge in [-0.05, 0) is 83.9 Å². The van der Waals surface area contributed by atoms with Gasteiger partial charge in [-0.25, -0.2) is 0 Å². The molecule has 0 saturated heterocycles. The molecule has 49 heavy (non-hydrogen) atoms. The number of carbonyl (C=O) groups is 3. The summed E-state index contributed by atoms with van der Waals surface area (Å²) in [5.74, 6) is -0.231. The van der Waals surface area contributed by atoms with E-state index >= 15 is 0 Å². The smallest absolute Gasteiger partial charge is 0.272 e.